The normalized spacial score (nSPS) is 23.5. The van der Waals surface area contributed by atoms with E-state index in [-0.39, 0.29) is 24.0 Å². The summed E-state index contributed by atoms with van der Waals surface area (Å²) in [5, 5.41) is 30.9. The minimum atomic E-state index is -2.41. The molecule has 0 aromatic heterocycles. The molecular formula is C21H22O10. The minimum absolute atomic E-state index is 0.00476. The van der Waals surface area contributed by atoms with Crippen LogP contribution in [0.3, 0.4) is 0 Å². The SMILES string of the molecule is COc1ccc([C@H]2c3cc4c(cc3O[C@](O)(CO)[C@@H]2C(=O)O)OCO4)c(OC)c1OC. The topological polar surface area (TPSA) is 133 Å². The van der Waals surface area contributed by atoms with Crippen LogP contribution in [0, 0.1) is 5.92 Å². The molecular weight excluding hydrogens is 412 g/mol. The van der Waals surface area contributed by atoms with Crippen LogP contribution < -0.4 is 28.4 Å². The highest BCUT2D eigenvalue weighted by atomic mass is 16.7. The predicted molar refractivity (Wildman–Crippen MR) is 104 cm³/mol. The van der Waals surface area contributed by atoms with Gasteiger partial charge in [-0.1, -0.05) is 6.07 Å². The molecule has 2 aromatic rings. The molecule has 0 fully saturated rings. The van der Waals surface area contributed by atoms with E-state index in [0.717, 1.165) is 0 Å². The van der Waals surface area contributed by atoms with Crippen molar-refractivity contribution in [2.24, 2.45) is 5.92 Å². The molecule has 0 spiro atoms. The number of aliphatic hydroxyl groups is 2. The van der Waals surface area contributed by atoms with E-state index in [1.54, 1.807) is 18.2 Å². The van der Waals surface area contributed by atoms with Gasteiger partial charge in [0, 0.05) is 23.1 Å². The first-order valence-corrected chi connectivity index (χ1v) is 9.36. The average molecular weight is 434 g/mol. The zero-order valence-corrected chi connectivity index (χ0v) is 17.1. The molecule has 0 saturated heterocycles. The summed E-state index contributed by atoms with van der Waals surface area (Å²) in [6, 6.07) is 6.33. The monoisotopic (exact) mass is 434 g/mol. The maximum Gasteiger partial charge on any atom is 0.314 e. The average Bonchev–Trinajstić information content (AvgIpc) is 3.22. The molecule has 2 aromatic carbocycles. The number of benzene rings is 2. The van der Waals surface area contributed by atoms with Crippen LogP contribution in [0.5, 0.6) is 34.5 Å². The first kappa shape index (κ1) is 20.9. The van der Waals surface area contributed by atoms with Gasteiger partial charge in [-0.2, -0.15) is 0 Å². The number of rotatable bonds is 6. The zero-order valence-electron chi connectivity index (χ0n) is 17.1. The third-order valence-electron chi connectivity index (χ3n) is 5.51. The second-order valence-corrected chi connectivity index (χ2v) is 7.07. The fourth-order valence-corrected chi connectivity index (χ4v) is 4.15. The largest absolute Gasteiger partial charge is 0.493 e. The van der Waals surface area contributed by atoms with E-state index < -0.39 is 30.2 Å². The van der Waals surface area contributed by atoms with Crippen LogP contribution in [0.1, 0.15) is 17.0 Å². The van der Waals surface area contributed by atoms with Crippen molar-refractivity contribution in [3.63, 3.8) is 0 Å². The van der Waals surface area contributed by atoms with Gasteiger partial charge in [0.2, 0.25) is 18.3 Å². The van der Waals surface area contributed by atoms with E-state index >= 15 is 0 Å². The van der Waals surface area contributed by atoms with Crippen molar-refractivity contribution in [2.75, 3.05) is 34.7 Å². The minimum Gasteiger partial charge on any atom is -0.493 e. The third-order valence-corrected chi connectivity index (χ3v) is 5.51. The van der Waals surface area contributed by atoms with Crippen molar-refractivity contribution >= 4 is 5.97 Å². The van der Waals surface area contributed by atoms with Crippen molar-refractivity contribution in [1.29, 1.82) is 0 Å². The number of ether oxygens (including phenoxy) is 6. The molecule has 0 unspecified atom stereocenters. The Bertz CT molecular complexity index is 1020. The van der Waals surface area contributed by atoms with Gasteiger partial charge in [0.25, 0.3) is 0 Å². The molecule has 0 saturated carbocycles. The van der Waals surface area contributed by atoms with Crippen molar-refractivity contribution in [2.45, 2.75) is 11.7 Å². The van der Waals surface area contributed by atoms with Gasteiger partial charge in [-0.3, -0.25) is 4.79 Å². The second-order valence-electron chi connectivity index (χ2n) is 7.07. The molecule has 0 amide bonds. The summed E-state index contributed by atoms with van der Waals surface area (Å²) in [6.07, 6.45) is 0. The summed E-state index contributed by atoms with van der Waals surface area (Å²) >= 11 is 0. The Morgan fingerprint density at radius 2 is 1.71 bits per heavy atom. The van der Waals surface area contributed by atoms with Gasteiger partial charge in [-0.05, 0) is 12.1 Å². The lowest BCUT2D eigenvalue weighted by Gasteiger charge is -2.42. The number of carboxylic acid groups (broad SMARTS) is 1. The lowest BCUT2D eigenvalue weighted by molar-refractivity contribution is -0.220. The van der Waals surface area contributed by atoms with Crippen molar-refractivity contribution in [3.05, 3.63) is 35.4 Å². The van der Waals surface area contributed by atoms with Gasteiger partial charge in [-0.25, -0.2) is 0 Å². The van der Waals surface area contributed by atoms with E-state index in [1.807, 2.05) is 0 Å². The molecule has 3 N–H and O–H groups in total. The summed E-state index contributed by atoms with van der Waals surface area (Å²) in [7, 11) is 4.31. The van der Waals surface area contributed by atoms with Crippen LogP contribution in [0.15, 0.2) is 24.3 Å². The lowest BCUT2D eigenvalue weighted by atomic mass is 9.73. The Kier molecular flexibility index (Phi) is 5.19. The molecule has 10 heteroatoms. The summed E-state index contributed by atoms with van der Waals surface area (Å²) in [5.74, 6) is -4.56. The third kappa shape index (κ3) is 3.15. The van der Waals surface area contributed by atoms with Crippen molar-refractivity contribution in [3.8, 4) is 34.5 Å². The summed E-state index contributed by atoms with van der Waals surface area (Å²) < 4.78 is 32.7. The van der Waals surface area contributed by atoms with E-state index in [0.29, 0.717) is 28.4 Å². The number of methoxy groups -OCH3 is 3. The number of carbonyl (C=O) groups is 1. The van der Waals surface area contributed by atoms with Crippen LogP contribution in [0.4, 0.5) is 0 Å². The van der Waals surface area contributed by atoms with E-state index in [4.69, 9.17) is 28.4 Å². The lowest BCUT2D eigenvalue weighted by Crippen LogP contribution is -2.55. The van der Waals surface area contributed by atoms with Gasteiger partial charge in [0.05, 0.1) is 21.3 Å². The fourth-order valence-electron chi connectivity index (χ4n) is 4.15. The zero-order chi connectivity index (χ0) is 22.3. The molecule has 3 atom stereocenters. The first-order chi connectivity index (χ1) is 14.9. The highest BCUT2D eigenvalue weighted by Gasteiger charge is 2.55. The molecule has 0 radical (unpaired) electrons. The van der Waals surface area contributed by atoms with Crippen LogP contribution in [0.2, 0.25) is 0 Å². The maximum absolute atomic E-state index is 12.3. The van der Waals surface area contributed by atoms with E-state index in [1.165, 1.54) is 27.4 Å². The first-order valence-electron chi connectivity index (χ1n) is 9.36. The Balaban J connectivity index is 2.02. The molecule has 0 aliphatic carbocycles. The Hall–Kier alpha value is -3.37. The van der Waals surface area contributed by atoms with Gasteiger partial charge in [0.1, 0.15) is 18.3 Å². The molecule has 2 aliphatic heterocycles. The van der Waals surface area contributed by atoms with Crippen LogP contribution in [0.25, 0.3) is 0 Å². The molecule has 0 bridgehead atoms. The highest BCUT2D eigenvalue weighted by Crippen LogP contribution is 2.55. The van der Waals surface area contributed by atoms with Gasteiger partial charge < -0.3 is 43.7 Å². The van der Waals surface area contributed by atoms with Gasteiger partial charge >= 0.3 is 5.97 Å². The van der Waals surface area contributed by atoms with E-state index in [9.17, 15) is 20.1 Å². The van der Waals surface area contributed by atoms with Crippen LogP contribution in [-0.2, 0) is 4.79 Å². The van der Waals surface area contributed by atoms with E-state index in [2.05, 4.69) is 0 Å². The Morgan fingerprint density at radius 3 is 2.29 bits per heavy atom. The number of aliphatic carboxylic acids is 1. The van der Waals surface area contributed by atoms with Gasteiger partial charge in [0.15, 0.2) is 23.0 Å². The fraction of sp³-hybridized carbons (Fsp3) is 0.381. The molecule has 166 valence electrons. The summed E-state index contributed by atoms with van der Waals surface area (Å²) in [4.78, 5) is 12.3. The molecule has 2 aliphatic rings. The smallest absolute Gasteiger partial charge is 0.314 e. The molecule has 31 heavy (non-hydrogen) atoms. The number of hydrogen-bond donors (Lipinski definition) is 3. The van der Waals surface area contributed by atoms with Crippen LogP contribution in [-0.4, -0.2) is 61.8 Å². The summed E-state index contributed by atoms with van der Waals surface area (Å²) in [5.41, 5.74) is 0.808. The summed E-state index contributed by atoms with van der Waals surface area (Å²) in [6.45, 7) is -0.959. The Labute approximate surface area is 177 Å². The highest BCUT2D eigenvalue weighted by molar-refractivity contribution is 5.77. The maximum atomic E-state index is 12.3. The number of fused-ring (bicyclic) bond motifs is 2. The quantitative estimate of drug-likeness (QED) is 0.612. The number of aliphatic hydroxyl groups excluding tert-OH is 1. The van der Waals surface area contributed by atoms with Crippen molar-refractivity contribution in [1.82, 2.24) is 0 Å². The molecule has 10 nitrogen and oxygen atoms in total. The number of carboxylic acids is 1. The standard InChI is InChI=1S/C21H22O10/c1-26-12-5-4-10(18(27-2)19(12)28-3)16-11-6-14-15(30-9-29-14)7-13(11)31-21(25,8-22)17(16)20(23)24/h4-7,16-17,22,25H,8-9H2,1-3H3,(H,23,24)/t16-,17-,21+/m0/s1. The molecule has 4 rings (SSSR count). The Morgan fingerprint density at radius 1 is 1.03 bits per heavy atom. The predicted octanol–water partition coefficient (Wildman–Crippen LogP) is 1.35. The molecule has 2 heterocycles. The van der Waals surface area contributed by atoms with Crippen LogP contribution >= 0.6 is 0 Å². The van der Waals surface area contributed by atoms with Gasteiger partial charge in [-0.15, -0.1) is 0 Å². The second kappa shape index (κ2) is 7.71. The number of hydrogen-bond acceptors (Lipinski definition) is 9. The van der Waals surface area contributed by atoms with Crippen molar-refractivity contribution < 1.29 is 48.5 Å².